The smallest absolute Gasteiger partial charge is 0.227 e. The Labute approximate surface area is 97.0 Å². The zero-order valence-corrected chi connectivity index (χ0v) is 10.6. The summed E-state index contributed by atoms with van der Waals surface area (Å²) in [5.74, 6) is 0.351. The average molecular weight is 223 g/mol. The summed E-state index contributed by atoms with van der Waals surface area (Å²) >= 11 is 0. The number of hydrogen-bond donors (Lipinski definition) is 1. The van der Waals surface area contributed by atoms with Crippen LogP contribution in [0.4, 0.5) is 0 Å². The number of amides is 1. The Hall–Kier alpha value is -0.860. The summed E-state index contributed by atoms with van der Waals surface area (Å²) in [6.07, 6.45) is 2.15. The highest BCUT2D eigenvalue weighted by Gasteiger charge is 2.72. The van der Waals surface area contributed by atoms with Gasteiger partial charge < -0.3 is 5.32 Å². The molecule has 0 aromatic rings. The first-order chi connectivity index (χ1) is 7.32. The van der Waals surface area contributed by atoms with Crippen LogP contribution in [-0.4, -0.2) is 18.2 Å². The zero-order valence-electron chi connectivity index (χ0n) is 10.6. The van der Waals surface area contributed by atoms with Gasteiger partial charge >= 0.3 is 0 Å². The Kier molecular flexibility index (Phi) is 2.24. The highest BCUT2D eigenvalue weighted by Crippen LogP contribution is 2.70. The van der Waals surface area contributed by atoms with Crippen LogP contribution in [0.2, 0.25) is 0 Å². The number of hydrogen-bond acceptors (Lipinski definition) is 2. The minimum Gasteiger partial charge on any atom is -0.356 e. The van der Waals surface area contributed by atoms with Gasteiger partial charge in [0.25, 0.3) is 0 Å². The normalized spacial score (nSPS) is 40.1. The lowest BCUT2D eigenvalue weighted by molar-refractivity contribution is -0.136. The molecule has 2 aliphatic carbocycles. The molecule has 1 N–H and O–H groups in total. The van der Waals surface area contributed by atoms with Crippen molar-refractivity contribution in [3.05, 3.63) is 0 Å². The van der Waals surface area contributed by atoms with Crippen LogP contribution in [0.1, 0.15) is 47.0 Å². The predicted octanol–water partition coefficient (Wildman–Crippen LogP) is 1.91. The van der Waals surface area contributed by atoms with Crippen molar-refractivity contribution in [2.75, 3.05) is 6.54 Å². The highest BCUT2D eigenvalue weighted by molar-refractivity contribution is 5.99. The van der Waals surface area contributed by atoms with Gasteiger partial charge in [-0.3, -0.25) is 9.59 Å². The lowest BCUT2D eigenvalue weighted by Crippen LogP contribution is -2.46. The quantitative estimate of drug-likeness (QED) is 0.777. The SMILES string of the molecule is CCNC(=O)[C@@]12CC[C@](C)(C(=O)C1)C2(C)C. The highest BCUT2D eigenvalue weighted by atomic mass is 16.2. The fraction of sp³-hybridized carbons (Fsp3) is 0.846. The molecule has 0 spiro atoms. The molecular weight excluding hydrogens is 202 g/mol. The molecule has 0 aromatic heterocycles. The molecule has 3 heteroatoms. The first-order valence-corrected chi connectivity index (χ1v) is 6.13. The van der Waals surface area contributed by atoms with Crippen molar-refractivity contribution in [3.63, 3.8) is 0 Å². The van der Waals surface area contributed by atoms with E-state index in [-0.39, 0.29) is 22.5 Å². The molecule has 2 atom stereocenters. The lowest BCUT2D eigenvalue weighted by Gasteiger charge is -2.38. The van der Waals surface area contributed by atoms with E-state index in [4.69, 9.17) is 0 Å². The van der Waals surface area contributed by atoms with E-state index in [0.29, 0.717) is 13.0 Å². The Morgan fingerprint density at radius 3 is 2.31 bits per heavy atom. The second-order valence-electron chi connectivity index (χ2n) is 6.00. The molecule has 0 unspecified atom stereocenters. The van der Waals surface area contributed by atoms with Gasteiger partial charge in [0.15, 0.2) is 0 Å². The topological polar surface area (TPSA) is 46.2 Å². The van der Waals surface area contributed by atoms with Gasteiger partial charge in [0.05, 0.1) is 5.41 Å². The molecule has 0 aromatic carbocycles. The van der Waals surface area contributed by atoms with Crippen LogP contribution in [-0.2, 0) is 9.59 Å². The van der Waals surface area contributed by atoms with Crippen LogP contribution >= 0.6 is 0 Å². The second kappa shape index (κ2) is 3.08. The third-order valence-corrected chi connectivity index (χ3v) is 5.48. The summed E-state index contributed by atoms with van der Waals surface area (Å²) in [7, 11) is 0. The van der Waals surface area contributed by atoms with Crippen molar-refractivity contribution in [3.8, 4) is 0 Å². The van der Waals surface area contributed by atoms with E-state index in [1.807, 2.05) is 13.8 Å². The van der Waals surface area contributed by atoms with Crippen LogP contribution in [0.5, 0.6) is 0 Å². The van der Waals surface area contributed by atoms with Crippen molar-refractivity contribution in [2.24, 2.45) is 16.2 Å². The molecule has 2 fully saturated rings. The summed E-state index contributed by atoms with van der Waals surface area (Å²) < 4.78 is 0. The van der Waals surface area contributed by atoms with Crippen molar-refractivity contribution in [1.29, 1.82) is 0 Å². The summed E-state index contributed by atoms with van der Waals surface area (Å²) in [5.41, 5.74) is -0.955. The fourth-order valence-corrected chi connectivity index (χ4v) is 3.69. The number of carbonyl (C=O) groups is 2. The number of rotatable bonds is 2. The first kappa shape index (κ1) is 11.6. The van der Waals surface area contributed by atoms with Crippen LogP contribution in [0.25, 0.3) is 0 Å². The maximum absolute atomic E-state index is 12.3. The molecule has 2 aliphatic rings. The number of Topliss-reactive ketones (excluding diaryl/α,β-unsaturated/α-hetero) is 1. The molecule has 3 nitrogen and oxygen atoms in total. The minimum absolute atomic E-state index is 0.0783. The van der Waals surface area contributed by atoms with Crippen LogP contribution in [0, 0.1) is 16.2 Å². The lowest BCUT2D eigenvalue weighted by atomic mass is 9.64. The van der Waals surface area contributed by atoms with Gasteiger partial charge in [-0.1, -0.05) is 20.8 Å². The van der Waals surface area contributed by atoms with Gasteiger partial charge in [0.2, 0.25) is 5.91 Å². The van der Waals surface area contributed by atoms with E-state index in [1.165, 1.54) is 0 Å². The molecule has 2 saturated carbocycles. The molecule has 90 valence electrons. The predicted molar refractivity (Wildman–Crippen MR) is 61.9 cm³/mol. The number of ketones is 1. The zero-order chi connectivity index (χ0) is 12.2. The van der Waals surface area contributed by atoms with Crippen molar-refractivity contribution in [1.82, 2.24) is 5.32 Å². The summed E-state index contributed by atoms with van der Waals surface area (Å²) in [6, 6.07) is 0. The van der Waals surface area contributed by atoms with Crippen LogP contribution in [0.15, 0.2) is 0 Å². The largest absolute Gasteiger partial charge is 0.356 e. The summed E-state index contributed by atoms with van der Waals surface area (Å²) in [6.45, 7) is 8.76. The Morgan fingerprint density at radius 2 is 1.94 bits per heavy atom. The summed E-state index contributed by atoms with van der Waals surface area (Å²) in [4.78, 5) is 24.4. The fourth-order valence-electron chi connectivity index (χ4n) is 3.69. The van der Waals surface area contributed by atoms with Gasteiger partial charge in [-0.15, -0.1) is 0 Å². The van der Waals surface area contributed by atoms with Gasteiger partial charge in [-0.05, 0) is 25.2 Å². The van der Waals surface area contributed by atoms with Crippen LogP contribution < -0.4 is 5.32 Å². The standard InChI is InChI=1S/C13H21NO2/c1-5-14-10(16)13-7-6-12(4,9(15)8-13)11(13,2)3/h5-8H2,1-4H3,(H,14,16)/t12-,13-/m1/s1. The molecule has 0 radical (unpaired) electrons. The van der Waals surface area contributed by atoms with E-state index >= 15 is 0 Å². The van der Waals surface area contributed by atoms with E-state index in [0.717, 1.165) is 12.8 Å². The van der Waals surface area contributed by atoms with Gasteiger partial charge in [0, 0.05) is 18.4 Å². The van der Waals surface area contributed by atoms with E-state index in [1.54, 1.807) is 0 Å². The second-order valence-corrected chi connectivity index (χ2v) is 6.00. The molecule has 2 rings (SSSR count). The van der Waals surface area contributed by atoms with Gasteiger partial charge in [-0.25, -0.2) is 0 Å². The van der Waals surface area contributed by atoms with Crippen LogP contribution in [0.3, 0.4) is 0 Å². The molecule has 0 saturated heterocycles. The van der Waals surface area contributed by atoms with E-state index < -0.39 is 5.41 Å². The van der Waals surface area contributed by atoms with E-state index in [2.05, 4.69) is 19.2 Å². The summed E-state index contributed by atoms with van der Waals surface area (Å²) in [5, 5.41) is 2.91. The van der Waals surface area contributed by atoms with Crippen molar-refractivity contribution < 1.29 is 9.59 Å². The first-order valence-electron chi connectivity index (χ1n) is 6.13. The Morgan fingerprint density at radius 1 is 1.31 bits per heavy atom. The maximum Gasteiger partial charge on any atom is 0.227 e. The molecular formula is C13H21NO2. The monoisotopic (exact) mass is 223 g/mol. The third-order valence-electron chi connectivity index (χ3n) is 5.48. The number of fused-ring (bicyclic) bond motifs is 2. The maximum atomic E-state index is 12.3. The molecule has 0 aliphatic heterocycles. The number of nitrogens with one attached hydrogen (secondary N) is 1. The van der Waals surface area contributed by atoms with Gasteiger partial charge in [0.1, 0.15) is 5.78 Å². The Balaban J connectivity index is 2.44. The van der Waals surface area contributed by atoms with Crippen molar-refractivity contribution in [2.45, 2.75) is 47.0 Å². The molecule has 1 amide bonds. The van der Waals surface area contributed by atoms with Gasteiger partial charge in [-0.2, -0.15) is 0 Å². The molecule has 0 heterocycles. The molecule has 2 bridgehead atoms. The van der Waals surface area contributed by atoms with Crippen molar-refractivity contribution >= 4 is 11.7 Å². The number of carbonyl (C=O) groups excluding carboxylic acids is 2. The molecule has 16 heavy (non-hydrogen) atoms. The third kappa shape index (κ3) is 0.994. The van der Waals surface area contributed by atoms with E-state index in [9.17, 15) is 9.59 Å². The average Bonchev–Trinajstić information content (AvgIpc) is 2.48. The minimum atomic E-state index is -0.450. The Bertz CT molecular complexity index is 361.